The lowest BCUT2D eigenvalue weighted by Crippen LogP contribution is -2.27. The molecule has 0 saturated carbocycles. The van der Waals surface area contributed by atoms with Crippen molar-refractivity contribution in [3.8, 4) is 0 Å². The molecule has 18 heavy (non-hydrogen) atoms. The van der Waals surface area contributed by atoms with Crippen LogP contribution in [0.5, 0.6) is 0 Å². The zero-order valence-electron chi connectivity index (χ0n) is 9.88. The van der Waals surface area contributed by atoms with E-state index < -0.39 is 0 Å². The van der Waals surface area contributed by atoms with Gasteiger partial charge in [0.15, 0.2) is 0 Å². The third kappa shape index (κ3) is 5.30. The minimum atomic E-state index is -0.144. The van der Waals surface area contributed by atoms with E-state index in [-0.39, 0.29) is 11.3 Å². The lowest BCUT2D eigenvalue weighted by atomic mass is 10.2. The molecule has 0 aliphatic rings. The SMILES string of the molecule is COCC(Cl)CCNC(=O)c1ccc(I)c(Cl)c1. The summed E-state index contributed by atoms with van der Waals surface area (Å²) in [5.74, 6) is -0.144. The molecule has 0 spiro atoms. The normalized spacial score (nSPS) is 12.2. The molecule has 1 atom stereocenters. The lowest BCUT2D eigenvalue weighted by molar-refractivity contribution is 0.0951. The molecule has 1 aromatic carbocycles. The van der Waals surface area contributed by atoms with Crippen LogP contribution in [0, 0.1) is 3.57 Å². The summed E-state index contributed by atoms with van der Waals surface area (Å²) in [5.41, 5.74) is 0.554. The van der Waals surface area contributed by atoms with E-state index in [1.807, 2.05) is 6.07 Å². The quantitative estimate of drug-likeness (QED) is 0.586. The number of nitrogens with one attached hydrogen (secondary N) is 1. The van der Waals surface area contributed by atoms with Gasteiger partial charge in [0.05, 0.1) is 17.0 Å². The first-order valence-electron chi connectivity index (χ1n) is 5.41. The molecule has 3 nitrogen and oxygen atoms in total. The van der Waals surface area contributed by atoms with Crippen LogP contribution in [0.1, 0.15) is 16.8 Å². The highest BCUT2D eigenvalue weighted by Gasteiger charge is 2.09. The molecular formula is C12H14Cl2INO2. The summed E-state index contributed by atoms with van der Waals surface area (Å²) in [7, 11) is 1.60. The fourth-order valence-electron chi connectivity index (χ4n) is 1.35. The first-order valence-corrected chi connectivity index (χ1v) is 7.30. The molecule has 0 radical (unpaired) electrons. The number of ether oxygens (including phenoxy) is 1. The Morgan fingerprint density at radius 1 is 1.56 bits per heavy atom. The minimum Gasteiger partial charge on any atom is -0.383 e. The molecule has 0 aliphatic heterocycles. The molecule has 0 heterocycles. The Labute approximate surface area is 130 Å². The second-order valence-electron chi connectivity index (χ2n) is 3.73. The summed E-state index contributed by atoms with van der Waals surface area (Å²) in [6.45, 7) is 0.993. The Morgan fingerprint density at radius 3 is 2.89 bits per heavy atom. The van der Waals surface area contributed by atoms with Crippen molar-refractivity contribution < 1.29 is 9.53 Å². The van der Waals surface area contributed by atoms with E-state index in [1.54, 1.807) is 19.2 Å². The first-order chi connectivity index (χ1) is 8.54. The van der Waals surface area contributed by atoms with Crippen molar-refractivity contribution >= 4 is 51.7 Å². The van der Waals surface area contributed by atoms with Crippen LogP contribution in [0.25, 0.3) is 0 Å². The number of benzene rings is 1. The van der Waals surface area contributed by atoms with Crippen LogP contribution in [0.2, 0.25) is 5.02 Å². The van der Waals surface area contributed by atoms with E-state index in [9.17, 15) is 4.79 Å². The fraction of sp³-hybridized carbons (Fsp3) is 0.417. The maximum absolute atomic E-state index is 11.8. The molecule has 1 rings (SSSR count). The molecule has 1 unspecified atom stereocenters. The van der Waals surface area contributed by atoms with Gasteiger partial charge in [-0.2, -0.15) is 0 Å². The van der Waals surface area contributed by atoms with Crippen LogP contribution < -0.4 is 5.32 Å². The third-order valence-corrected chi connectivity index (χ3v) is 4.19. The maximum atomic E-state index is 11.8. The van der Waals surface area contributed by atoms with Gasteiger partial charge in [-0.05, 0) is 47.2 Å². The van der Waals surface area contributed by atoms with E-state index >= 15 is 0 Å². The van der Waals surface area contributed by atoms with Crippen LogP contribution in [-0.4, -0.2) is 31.5 Å². The van der Waals surface area contributed by atoms with Gasteiger partial charge in [0.1, 0.15) is 0 Å². The Morgan fingerprint density at radius 2 is 2.28 bits per heavy atom. The van der Waals surface area contributed by atoms with Crippen LogP contribution >= 0.6 is 45.8 Å². The van der Waals surface area contributed by atoms with E-state index in [4.69, 9.17) is 27.9 Å². The highest BCUT2D eigenvalue weighted by Crippen LogP contribution is 2.19. The van der Waals surface area contributed by atoms with Gasteiger partial charge in [-0.15, -0.1) is 11.6 Å². The Hall–Kier alpha value is -0.0400. The monoisotopic (exact) mass is 401 g/mol. The molecule has 100 valence electrons. The molecule has 0 aliphatic carbocycles. The van der Waals surface area contributed by atoms with Gasteiger partial charge in [0.25, 0.3) is 5.91 Å². The van der Waals surface area contributed by atoms with Gasteiger partial charge in [-0.25, -0.2) is 0 Å². The van der Waals surface area contributed by atoms with E-state index in [1.165, 1.54) is 0 Å². The van der Waals surface area contributed by atoms with E-state index in [0.717, 1.165) is 3.57 Å². The van der Waals surface area contributed by atoms with Crippen molar-refractivity contribution in [3.63, 3.8) is 0 Å². The topological polar surface area (TPSA) is 38.3 Å². The number of rotatable bonds is 6. The van der Waals surface area contributed by atoms with Crippen LogP contribution in [0.3, 0.4) is 0 Å². The molecule has 0 aromatic heterocycles. The van der Waals surface area contributed by atoms with Crippen LogP contribution in [0.4, 0.5) is 0 Å². The fourth-order valence-corrected chi connectivity index (χ4v) is 2.10. The average molecular weight is 402 g/mol. The van der Waals surface area contributed by atoms with E-state index in [2.05, 4.69) is 27.9 Å². The number of hydrogen-bond donors (Lipinski definition) is 1. The summed E-state index contributed by atoms with van der Waals surface area (Å²) >= 11 is 14.0. The van der Waals surface area contributed by atoms with Crippen LogP contribution in [0.15, 0.2) is 18.2 Å². The molecule has 1 N–H and O–H groups in total. The number of carbonyl (C=O) groups excluding carboxylic acids is 1. The highest BCUT2D eigenvalue weighted by atomic mass is 127. The Kier molecular flexibility index (Phi) is 7.29. The summed E-state index contributed by atoms with van der Waals surface area (Å²) in [6.07, 6.45) is 0.666. The molecule has 0 bridgehead atoms. The standard InChI is InChI=1S/C12H14Cl2INO2/c1-18-7-9(13)4-5-16-12(17)8-2-3-11(15)10(14)6-8/h2-3,6,9H,4-5,7H2,1H3,(H,16,17). The Balaban J connectivity index is 2.43. The zero-order chi connectivity index (χ0) is 13.5. The largest absolute Gasteiger partial charge is 0.383 e. The summed E-state index contributed by atoms with van der Waals surface area (Å²) in [4.78, 5) is 11.8. The number of amides is 1. The summed E-state index contributed by atoms with van der Waals surface area (Å²) < 4.78 is 5.83. The second kappa shape index (κ2) is 8.19. The molecule has 0 saturated heterocycles. The predicted molar refractivity (Wildman–Crippen MR) is 82.6 cm³/mol. The average Bonchev–Trinajstić information content (AvgIpc) is 2.33. The second-order valence-corrected chi connectivity index (χ2v) is 5.91. The van der Waals surface area contributed by atoms with Crippen molar-refractivity contribution in [2.45, 2.75) is 11.8 Å². The molecule has 6 heteroatoms. The smallest absolute Gasteiger partial charge is 0.251 e. The van der Waals surface area contributed by atoms with Crippen LogP contribution in [-0.2, 0) is 4.74 Å². The van der Waals surface area contributed by atoms with Gasteiger partial charge < -0.3 is 10.1 Å². The van der Waals surface area contributed by atoms with Crippen molar-refractivity contribution in [1.29, 1.82) is 0 Å². The van der Waals surface area contributed by atoms with Gasteiger partial charge in [-0.1, -0.05) is 11.6 Å². The number of carbonyl (C=O) groups is 1. The summed E-state index contributed by atoms with van der Waals surface area (Å²) in [5, 5.41) is 3.29. The van der Waals surface area contributed by atoms with Crippen molar-refractivity contribution in [2.24, 2.45) is 0 Å². The highest BCUT2D eigenvalue weighted by molar-refractivity contribution is 14.1. The number of halogens is 3. The van der Waals surface area contributed by atoms with Crippen molar-refractivity contribution in [3.05, 3.63) is 32.4 Å². The third-order valence-electron chi connectivity index (χ3n) is 2.27. The molecule has 0 fully saturated rings. The first kappa shape index (κ1) is 16.0. The number of hydrogen-bond acceptors (Lipinski definition) is 2. The lowest BCUT2D eigenvalue weighted by Gasteiger charge is -2.09. The molecule has 1 amide bonds. The zero-order valence-corrected chi connectivity index (χ0v) is 13.6. The van der Waals surface area contributed by atoms with Gasteiger partial charge in [0.2, 0.25) is 0 Å². The summed E-state index contributed by atoms with van der Waals surface area (Å²) in [6, 6.07) is 5.22. The number of alkyl halides is 1. The minimum absolute atomic E-state index is 0.0874. The maximum Gasteiger partial charge on any atom is 0.251 e. The van der Waals surface area contributed by atoms with Gasteiger partial charge in [0, 0.05) is 22.8 Å². The van der Waals surface area contributed by atoms with Gasteiger partial charge >= 0.3 is 0 Å². The predicted octanol–water partition coefficient (Wildman–Crippen LogP) is 3.32. The van der Waals surface area contributed by atoms with Crippen molar-refractivity contribution in [2.75, 3.05) is 20.3 Å². The molecule has 1 aromatic rings. The Bertz CT molecular complexity index is 415. The van der Waals surface area contributed by atoms with E-state index in [0.29, 0.717) is 30.2 Å². The van der Waals surface area contributed by atoms with Crippen molar-refractivity contribution in [1.82, 2.24) is 5.32 Å². The number of methoxy groups -OCH3 is 1. The molecular weight excluding hydrogens is 388 g/mol. The van der Waals surface area contributed by atoms with Gasteiger partial charge in [-0.3, -0.25) is 4.79 Å².